The Labute approximate surface area is 123 Å². The summed E-state index contributed by atoms with van der Waals surface area (Å²) in [6, 6.07) is 4.58. The molecule has 0 aliphatic rings. The van der Waals surface area contributed by atoms with Crippen LogP contribution in [0.1, 0.15) is 0 Å². The molecule has 0 heterocycles. The Morgan fingerprint density at radius 2 is 1.94 bits per heavy atom. The molecule has 0 saturated heterocycles. The molecule has 17 heavy (non-hydrogen) atoms. The fourth-order valence-corrected chi connectivity index (χ4v) is 1.50. The molecule has 0 aromatic heterocycles. The van der Waals surface area contributed by atoms with Crippen LogP contribution in [0.25, 0.3) is 0 Å². The van der Waals surface area contributed by atoms with E-state index in [1.165, 1.54) is 12.1 Å². The highest BCUT2D eigenvalue weighted by Crippen LogP contribution is 2.27. The minimum Gasteiger partial charge on any atom is -0.445 e. The SMILES string of the molecule is O=C(Nc1ccc(Cl)cc1Cl)OCC(Cl)(Cl)Cl. The predicted octanol–water partition coefficient (Wildman–Crippen LogP) is 4.91. The average molecular weight is 337 g/mol. The van der Waals surface area contributed by atoms with Crippen LogP contribution in [0.15, 0.2) is 18.2 Å². The molecule has 0 saturated carbocycles. The molecule has 1 aromatic carbocycles. The maximum Gasteiger partial charge on any atom is 0.411 e. The number of hydrogen-bond donors (Lipinski definition) is 1. The van der Waals surface area contributed by atoms with Gasteiger partial charge in [-0.3, -0.25) is 5.32 Å². The van der Waals surface area contributed by atoms with Gasteiger partial charge in [0.25, 0.3) is 0 Å². The van der Waals surface area contributed by atoms with E-state index in [2.05, 4.69) is 10.1 Å². The largest absolute Gasteiger partial charge is 0.445 e. The summed E-state index contributed by atoms with van der Waals surface area (Å²) in [5.41, 5.74) is 0.352. The first kappa shape index (κ1) is 15.0. The van der Waals surface area contributed by atoms with E-state index in [9.17, 15) is 4.79 Å². The zero-order valence-electron chi connectivity index (χ0n) is 8.15. The molecule has 0 atom stereocenters. The van der Waals surface area contributed by atoms with Crippen molar-refractivity contribution in [2.24, 2.45) is 0 Å². The lowest BCUT2D eigenvalue weighted by Crippen LogP contribution is -2.21. The van der Waals surface area contributed by atoms with Crippen LogP contribution in [0.2, 0.25) is 10.0 Å². The topological polar surface area (TPSA) is 38.3 Å². The zero-order valence-corrected chi connectivity index (χ0v) is 11.9. The Bertz CT molecular complexity index is 418. The van der Waals surface area contributed by atoms with Crippen LogP contribution in [0.3, 0.4) is 0 Å². The van der Waals surface area contributed by atoms with Gasteiger partial charge in [-0.15, -0.1) is 0 Å². The summed E-state index contributed by atoms with van der Waals surface area (Å²) in [6.07, 6.45) is -0.777. The van der Waals surface area contributed by atoms with Crippen molar-refractivity contribution in [3.63, 3.8) is 0 Å². The van der Waals surface area contributed by atoms with Crippen molar-refractivity contribution in [2.45, 2.75) is 3.79 Å². The summed E-state index contributed by atoms with van der Waals surface area (Å²) >= 11 is 27.8. The minimum absolute atomic E-state index is 0.281. The van der Waals surface area contributed by atoms with Crippen LogP contribution >= 0.6 is 58.0 Å². The van der Waals surface area contributed by atoms with E-state index in [1.807, 2.05) is 0 Å². The lowest BCUT2D eigenvalue weighted by molar-refractivity contribution is 0.164. The third kappa shape index (κ3) is 5.89. The van der Waals surface area contributed by atoms with Gasteiger partial charge in [-0.05, 0) is 18.2 Å². The smallest absolute Gasteiger partial charge is 0.411 e. The zero-order chi connectivity index (χ0) is 13.1. The van der Waals surface area contributed by atoms with Gasteiger partial charge in [0, 0.05) is 5.02 Å². The number of nitrogens with one attached hydrogen (secondary N) is 1. The van der Waals surface area contributed by atoms with Gasteiger partial charge in [-0.25, -0.2) is 4.79 Å². The second-order valence-corrected chi connectivity index (χ2v) is 6.30. The summed E-state index contributed by atoms with van der Waals surface area (Å²) in [5, 5.41) is 3.12. The van der Waals surface area contributed by atoms with Gasteiger partial charge in [0.1, 0.15) is 6.61 Å². The van der Waals surface area contributed by atoms with Crippen LogP contribution in [0.5, 0.6) is 0 Å². The van der Waals surface area contributed by atoms with Crippen molar-refractivity contribution in [3.8, 4) is 0 Å². The lowest BCUT2D eigenvalue weighted by Gasteiger charge is -2.12. The molecule has 94 valence electrons. The molecule has 1 N–H and O–H groups in total. The van der Waals surface area contributed by atoms with E-state index < -0.39 is 9.89 Å². The van der Waals surface area contributed by atoms with E-state index in [0.717, 1.165) is 0 Å². The molecule has 0 bridgehead atoms. The quantitative estimate of drug-likeness (QED) is 0.779. The van der Waals surface area contributed by atoms with Gasteiger partial charge < -0.3 is 4.74 Å². The molecular weight excluding hydrogens is 331 g/mol. The summed E-state index contributed by atoms with van der Waals surface area (Å²) < 4.78 is 3.01. The Morgan fingerprint density at radius 3 is 2.47 bits per heavy atom. The molecule has 3 nitrogen and oxygen atoms in total. The predicted molar refractivity (Wildman–Crippen MR) is 71.7 cm³/mol. The monoisotopic (exact) mass is 335 g/mol. The number of hydrogen-bond acceptors (Lipinski definition) is 2. The maximum atomic E-state index is 11.3. The van der Waals surface area contributed by atoms with Crippen molar-refractivity contribution >= 4 is 69.8 Å². The number of benzene rings is 1. The van der Waals surface area contributed by atoms with E-state index in [1.54, 1.807) is 6.07 Å². The van der Waals surface area contributed by atoms with Crippen molar-refractivity contribution in [1.82, 2.24) is 0 Å². The van der Waals surface area contributed by atoms with E-state index in [-0.39, 0.29) is 11.6 Å². The van der Waals surface area contributed by atoms with Gasteiger partial charge in [0.15, 0.2) is 0 Å². The molecule has 0 fully saturated rings. The molecule has 1 rings (SSSR count). The van der Waals surface area contributed by atoms with Crippen LogP contribution in [0.4, 0.5) is 10.5 Å². The lowest BCUT2D eigenvalue weighted by atomic mass is 10.3. The van der Waals surface area contributed by atoms with Crippen LogP contribution in [0, 0.1) is 0 Å². The molecule has 1 amide bonds. The molecule has 0 aliphatic heterocycles. The first-order valence-corrected chi connectivity index (χ1v) is 6.12. The van der Waals surface area contributed by atoms with Gasteiger partial charge >= 0.3 is 6.09 Å². The number of rotatable bonds is 2. The number of anilines is 1. The number of carbonyl (C=O) groups is 1. The van der Waals surface area contributed by atoms with Crippen molar-refractivity contribution in [2.75, 3.05) is 11.9 Å². The van der Waals surface area contributed by atoms with Crippen molar-refractivity contribution < 1.29 is 9.53 Å². The van der Waals surface area contributed by atoms with Gasteiger partial charge in [-0.1, -0.05) is 58.0 Å². The van der Waals surface area contributed by atoms with Gasteiger partial charge in [-0.2, -0.15) is 0 Å². The summed E-state index contributed by atoms with van der Waals surface area (Å²) in [6.45, 7) is -0.366. The normalized spacial score (nSPS) is 11.1. The Morgan fingerprint density at radius 1 is 1.29 bits per heavy atom. The van der Waals surface area contributed by atoms with Crippen molar-refractivity contribution in [3.05, 3.63) is 28.2 Å². The highest BCUT2D eigenvalue weighted by molar-refractivity contribution is 6.67. The third-order valence-electron chi connectivity index (χ3n) is 1.53. The van der Waals surface area contributed by atoms with E-state index in [4.69, 9.17) is 58.0 Å². The first-order valence-electron chi connectivity index (χ1n) is 4.23. The van der Waals surface area contributed by atoms with Crippen LogP contribution < -0.4 is 5.32 Å². The number of ether oxygens (including phenoxy) is 1. The number of carbonyl (C=O) groups excluding carboxylic acids is 1. The molecular formula is C9H6Cl5NO2. The second-order valence-electron chi connectivity index (χ2n) is 2.94. The van der Waals surface area contributed by atoms with Crippen LogP contribution in [-0.2, 0) is 4.74 Å². The third-order valence-corrected chi connectivity index (χ3v) is 2.41. The van der Waals surface area contributed by atoms with Gasteiger partial charge in [0.05, 0.1) is 10.7 Å². The fourth-order valence-electron chi connectivity index (χ4n) is 0.884. The van der Waals surface area contributed by atoms with Gasteiger partial charge in [0.2, 0.25) is 3.79 Å². The van der Waals surface area contributed by atoms with Crippen molar-refractivity contribution in [1.29, 1.82) is 0 Å². The number of amides is 1. The number of alkyl halides is 3. The fraction of sp³-hybridized carbons (Fsp3) is 0.222. The van der Waals surface area contributed by atoms with Crippen LogP contribution in [-0.4, -0.2) is 16.5 Å². The maximum absolute atomic E-state index is 11.3. The highest BCUT2D eigenvalue weighted by atomic mass is 35.6. The standard InChI is InChI=1S/C9H6Cl5NO2/c10-5-1-2-7(6(11)3-5)15-8(16)17-4-9(12,13)14/h1-3H,4H2,(H,15,16). The minimum atomic E-state index is -1.65. The molecule has 0 radical (unpaired) electrons. The molecule has 1 aromatic rings. The van der Waals surface area contributed by atoms with E-state index in [0.29, 0.717) is 10.7 Å². The molecule has 8 heteroatoms. The summed E-state index contributed by atoms with van der Waals surface area (Å²) in [5.74, 6) is 0. The summed E-state index contributed by atoms with van der Waals surface area (Å²) in [4.78, 5) is 11.3. The average Bonchev–Trinajstić information content (AvgIpc) is 2.18. The number of halogens is 5. The summed E-state index contributed by atoms with van der Waals surface area (Å²) in [7, 11) is 0. The second kappa shape index (κ2) is 6.21. The Kier molecular flexibility index (Phi) is 5.48. The molecule has 0 aliphatic carbocycles. The molecule has 0 spiro atoms. The first-order chi connectivity index (χ1) is 7.78. The molecule has 0 unspecified atom stereocenters. The Balaban J connectivity index is 2.57. The van der Waals surface area contributed by atoms with E-state index >= 15 is 0 Å². The Hall–Kier alpha value is -0.0600. The highest BCUT2D eigenvalue weighted by Gasteiger charge is 2.22.